The number of benzene rings is 2. The van der Waals surface area contributed by atoms with Crippen LogP contribution in [0.15, 0.2) is 42.6 Å². The molecule has 1 aliphatic heterocycles. The Bertz CT molecular complexity index is 1310. The third kappa shape index (κ3) is 3.63. The molecule has 2 aromatic heterocycles. The molecule has 0 radical (unpaired) electrons. The Morgan fingerprint density at radius 2 is 2.06 bits per heavy atom. The van der Waals surface area contributed by atoms with Gasteiger partial charge < -0.3 is 15.0 Å². The summed E-state index contributed by atoms with van der Waals surface area (Å²) < 4.78 is 6.25. The molecule has 3 heterocycles. The van der Waals surface area contributed by atoms with Crippen LogP contribution in [-0.2, 0) is 6.42 Å². The molecule has 5 rings (SSSR count). The molecule has 2 aromatic carbocycles. The van der Waals surface area contributed by atoms with E-state index in [0.29, 0.717) is 12.1 Å². The van der Waals surface area contributed by atoms with Gasteiger partial charge in [-0.1, -0.05) is 12.1 Å². The number of hydrogen-bond donors (Lipinski definition) is 2. The van der Waals surface area contributed by atoms with Crippen LogP contribution in [0.3, 0.4) is 0 Å². The lowest BCUT2D eigenvalue weighted by Crippen LogP contribution is -2.34. The van der Waals surface area contributed by atoms with Gasteiger partial charge in [0.05, 0.1) is 34.7 Å². The van der Waals surface area contributed by atoms with Crippen molar-refractivity contribution >= 4 is 16.9 Å². The summed E-state index contributed by atoms with van der Waals surface area (Å²) in [5, 5.41) is 3.00. The van der Waals surface area contributed by atoms with E-state index >= 15 is 0 Å². The number of H-pyrrole nitrogens is 1. The molecule has 2 N–H and O–H groups in total. The lowest BCUT2D eigenvalue weighted by atomic mass is 10.0. The Labute approximate surface area is 179 Å². The summed E-state index contributed by atoms with van der Waals surface area (Å²) in [6.45, 7) is 6.20. The first kappa shape index (κ1) is 19.2. The van der Waals surface area contributed by atoms with E-state index < -0.39 is 0 Å². The number of nitrogens with one attached hydrogen (secondary N) is 2. The minimum Gasteiger partial charge on any atom is -0.487 e. The van der Waals surface area contributed by atoms with Crippen molar-refractivity contribution in [3.05, 3.63) is 70.9 Å². The first-order valence-corrected chi connectivity index (χ1v) is 10.3. The fraction of sp³-hybridized carbons (Fsp3) is 0.250. The number of rotatable bonds is 4. The van der Waals surface area contributed by atoms with Crippen molar-refractivity contribution in [1.29, 1.82) is 0 Å². The number of amides is 1. The Kier molecular flexibility index (Phi) is 4.66. The highest BCUT2D eigenvalue weighted by Crippen LogP contribution is 2.38. The monoisotopic (exact) mass is 413 g/mol. The molecule has 7 heteroatoms. The number of aryl methyl sites for hydroxylation is 3. The van der Waals surface area contributed by atoms with Crippen LogP contribution in [-0.4, -0.2) is 38.5 Å². The molecule has 1 atom stereocenters. The molecular weight excluding hydrogens is 390 g/mol. The number of para-hydroxylation sites is 1. The average molecular weight is 413 g/mol. The Balaban J connectivity index is 1.31. The Morgan fingerprint density at radius 3 is 2.94 bits per heavy atom. The highest BCUT2D eigenvalue weighted by Gasteiger charge is 2.27. The van der Waals surface area contributed by atoms with Crippen molar-refractivity contribution in [2.75, 3.05) is 6.54 Å². The number of nitrogens with zero attached hydrogens (tertiary/aromatic N) is 3. The van der Waals surface area contributed by atoms with Crippen LogP contribution in [0, 0.1) is 20.8 Å². The second kappa shape index (κ2) is 7.50. The van der Waals surface area contributed by atoms with E-state index in [1.54, 1.807) is 12.3 Å². The van der Waals surface area contributed by atoms with E-state index in [0.717, 1.165) is 57.2 Å². The van der Waals surface area contributed by atoms with Gasteiger partial charge in [-0.05, 0) is 50.6 Å². The van der Waals surface area contributed by atoms with E-state index in [4.69, 9.17) is 4.74 Å². The van der Waals surface area contributed by atoms with E-state index in [1.165, 1.54) is 0 Å². The standard InChI is InChI=1S/C24H23N5O2/c1-13-11-25-14(2)22(27-13)19-6-4-5-16-9-18(31-23(16)19)12-26-24(30)17-7-8-20-21(10-17)29-15(3)28-20/h4-8,10-11,18H,9,12H2,1-3H3,(H,26,30)(H,28,29). The van der Waals surface area contributed by atoms with E-state index in [1.807, 2.05) is 45.0 Å². The lowest BCUT2D eigenvalue weighted by molar-refractivity contribution is 0.0934. The third-order valence-corrected chi connectivity index (χ3v) is 5.51. The molecule has 1 aliphatic rings. The van der Waals surface area contributed by atoms with Gasteiger partial charge in [-0.3, -0.25) is 9.78 Å². The molecule has 0 saturated carbocycles. The first-order valence-electron chi connectivity index (χ1n) is 10.3. The molecule has 0 fully saturated rings. The van der Waals surface area contributed by atoms with Crippen LogP contribution in [0.1, 0.15) is 33.1 Å². The topological polar surface area (TPSA) is 92.8 Å². The number of carbonyl (C=O) groups is 1. The number of fused-ring (bicyclic) bond motifs is 2. The summed E-state index contributed by atoms with van der Waals surface area (Å²) in [5.74, 6) is 1.53. The van der Waals surface area contributed by atoms with Gasteiger partial charge in [0.25, 0.3) is 5.91 Å². The van der Waals surface area contributed by atoms with Gasteiger partial charge in [0.15, 0.2) is 0 Å². The molecular formula is C24H23N5O2. The maximum absolute atomic E-state index is 12.7. The van der Waals surface area contributed by atoms with E-state index in [9.17, 15) is 4.79 Å². The smallest absolute Gasteiger partial charge is 0.251 e. The number of imidazole rings is 1. The van der Waals surface area contributed by atoms with Gasteiger partial charge in [-0.25, -0.2) is 9.97 Å². The summed E-state index contributed by atoms with van der Waals surface area (Å²) in [6, 6.07) is 11.6. The molecule has 1 amide bonds. The number of aromatic nitrogens is 4. The lowest BCUT2D eigenvalue weighted by Gasteiger charge is -2.14. The molecule has 31 heavy (non-hydrogen) atoms. The van der Waals surface area contributed by atoms with Crippen molar-refractivity contribution in [3.63, 3.8) is 0 Å². The average Bonchev–Trinajstić information content (AvgIpc) is 3.35. The third-order valence-electron chi connectivity index (χ3n) is 5.51. The summed E-state index contributed by atoms with van der Waals surface area (Å²) in [7, 11) is 0. The second-order valence-electron chi connectivity index (χ2n) is 7.95. The van der Waals surface area contributed by atoms with Crippen molar-refractivity contribution in [1.82, 2.24) is 25.3 Å². The van der Waals surface area contributed by atoms with Gasteiger partial charge in [0, 0.05) is 23.7 Å². The zero-order valence-electron chi connectivity index (χ0n) is 17.7. The van der Waals surface area contributed by atoms with Crippen molar-refractivity contribution in [3.8, 4) is 17.0 Å². The predicted octanol–water partition coefficient (Wildman–Crippen LogP) is 3.68. The second-order valence-corrected chi connectivity index (χ2v) is 7.95. The van der Waals surface area contributed by atoms with Crippen LogP contribution < -0.4 is 10.1 Å². The number of aromatic amines is 1. The van der Waals surface area contributed by atoms with Crippen LogP contribution in [0.4, 0.5) is 0 Å². The SMILES string of the molecule is Cc1cnc(C)c(-c2cccc3c2OC(CNC(=O)c2ccc4nc(C)[nH]c4c2)C3)n1. The molecule has 0 aliphatic carbocycles. The quantitative estimate of drug-likeness (QED) is 0.532. The molecule has 0 spiro atoms. The van der Waals surface area contributed by atoms with Crippen LogP contribution >= 0.6 is 0 Å². The zero-order valence-corrected chi connectivity index (χ0v) is 17.7. The van der Waals surface area contributed by atoms with Crippen molar-refractivity contribution in [2.45, 2.75) is 33.3 Å². The number of hydrogen-bond acceptors (Lipinski definition) is 5. The van der Waals surface area contributed by atoms with Gasteiger partial charge in [0.2, 0.25) is 0 Å². The number of ether oxygens (including phenoxy) is 1. The van der Waals surface area contributed by atoms with Crippen molar-refractivity contribution < 1.29 is 9.53 Å². The summed E-state index contributed by atoms with van der Waals surface area (Å²) >= 11 is 0. The van der Waals surface area contributed by atoms with Gasteiger partial charge >= 0.3 is 0 Å². The largest absolute Gasteiger partial charge is 0.487 e. The van der Waals surface area contributed by atoms with Crippen LogP contribution in [0.5, 0.6) is 5.75 Å². The fourth-order valence-electron chi connectivity index (χ4n) is 4.02. The summed E-state index contributed by atoms with van der Waals surface area (Å²) in [4.78, 5) is 29.3. The first-order chi connectivity index (χ1) is 15.0. The molecule has 156 valence electrons. The highest BCUT2D eigenvalue weighted by atomic mass is 16.5. The maximum atomic E-state index is 12.7. The van der Waals surface area contributed by atoms with Crippen LogP contribution in [0.25, 0.3) is 22.3 Å². The highest BCUT2D eigenvalue weighted by molar-refractivity contribution is 5.97. The van der Waals surface area contributed by atoms with Gasteiger partial charge in [-0.2, -0.15) is 0 Å². The molecule has 0 saturated heterocycles. The predicted molar refractivity (Wildman–Crippen MR) is 118 cm³/mol. The van der Waals surface area contributed by atoms with Crippen LogP contribution in [0.2, 0.25) is 0 Å². The normalized spacial score (nSPS) is 15.0. The molecule has 0 bridgehead atoms. The minimum absolute atomic E-state index is 0.128. The Morgan fingerprint density at radius 1 is 1.19 bits per heavy atom. The Hall–Kier alpha value is -3.74. The fourth-order valence-corrected chi connectivity index (χ4v) is 4.02. The van der Waals surface area contributed by atoms with E-state index in [2.05, 4.69) is 31.3 Å². The molecule has 4 aromatic rings. The van der Waals surface area contributed by atoms with Gasteiger partial charge in [-0.15, -0.1) is 0 Å². The van der Waals surface area contributed by atoms with E-state index in [-0.39, 0.29) is 12.0 Å². The van der Waals surface area contributed by atoms with Gasteiger partial charge in [0.1, 0.15) is 17.7 Å². The molecule has 7 nitrogen and oxygen atoms in total. The number of carbonyl (C=O) groups excluding carboxylic acids is 1. The summed E-state index contributed by atoms with van der Waals surface area (Å²) in [5.41, 5.74) is 6.93. The minimum atomic E-state index is -0.130. The zero-order chi connectivity index (χ0) is 21.5. The van der Waals surface area contributed by atoms with Crippen molar-refractivity contribution in [2.24, 2.45) is 0 Å². The molecule has 1 unspecified atom stereocenters. The summed E-state index contributed by atoms with van der Waals surface area (Å²) in [6.07, 6.45) is 2.38. The maximum Gasteiger partial charge on any atom is 0.251 e.